The lowest BCUT2D eigenvalue weighted by molar-refractivity contribution is 0.0696. The van der Waals surface area contributed by atoms with Crippen molar-refractivity contribution in [1.29, 1.82) is 5.26 Å². The van der Waals surface area contributed by atoms with Crippen LogP contribution in [0.4, 0.5) is 5.69 Å². The number of furan rings is 1. The molecule has 0 atom stereocenters. The average molecular weight is 256 g/mol. The highest BCUT2D eigenvalue weighted by Gasteiger charge is 2.08. The molecule has 96 valence electrons. The molecule has 2 N–H and O–H groups in total. The summed E-state index contributed by atoms with van der Waals surface area (Å²) in [5, 5.41) is 20.7. The lowest BCUT2D eigenvalue weighted by Crippen LogP contribution is -2.00. The Labute approximate surface area is 110 Å². The third kappa shape index (κ3) is 2.93. The average Bonchev–Trinajstić information content (AvgIpc) is 2.87. The Kier molecular flexibility index (Phi) is 3.53. The zero-order valence-corrected chi connectivity index (χ0v) is 10.3. The van der Waals surface area contributed by atoms with Crippen molar-refractivity contribution >= 4 is 11.7 Å². The zero-order valence-electron chi connectivity index (χ0n) is 10.3. The molecule has 1 aromatic carbocycles. The van der Waals surface area contributed by atoms with Crippen molar-refractivity contribution in [3.05, 3.63) is 53.0 Å². The monoisotopic (exact) mass is 256 g/mol. The van der Waals surface area contributed by atoms with E-state index in [1.807, 2.05) is 13.0 Å². The van der Waals surface area contributed by atoms with Crippen LogP contribution in [0.3, 0.4) is 0 Å². The molecule has 5 heteroatoms. The summed E-state index contributed by atoms with van der Waals surface area (Å²) in [5.74, 6) is -0.489. The number of nitriles is 1. The minimum atomic E-state index is -1.02. The highest BCUT2D eigenvalue weighted by atomic mass is 16.4. The van der Waals surface area contributed by atoms with Gasteiger partial charge in [0, 0.05) is 5.69 Å². The van der Waals surface area contributed by atoms with E-state index in [1.54, 1.807) is 12.1 Å². The Balaban J connectivity index is 2.09. The molecule has 2 aromatic rings. The summed E-state index contributed by atoms with van der Waals surface area (Å²) in [6, 6.07) is 8.89. The Morgan fingerprint density at radius 2 is 2.26 bits per heavy atom. The Morgan fingerprint density at radius 3 is 2.89 bits per heavy atom. The van der Waals surface area contributed by atoms with Gasteiger partial charge in [-0.25, -0.2) is 4.79 Å². The van der Waals surface area contributed by atoms with Gasteiger partial charge in [-0.15, -0.1) is 0 Å². The van der Waals surface area contributed by atoms with Crippen molar-refractivity contribution in [2.75, 3.05) is 5.32 Å². The number of rotatable bonds is 4. The lowest BCUT2D eigenvalue weighted by Gasteiger charge is -2.08. The molecule has 2 rings (SSSR count). The second-order valence-electron chi connectivity index (χ2n) is 4.10. The van der Waals surface area contributed by atoms with Gasteiger partial charge in [0.05, 0.1) is 23.7 Å². The summed E-state index contributed by atoms with van der Waals surface area (Å²) in [6.45, 7) is 2.29. The number of nitrogens with zero attached hydrogens (tertiary/aromatic N) is 1. The molecule has 1 aromatic heterocycles. The summed E-state index contributed by atoms with van der Waals surface area (Å²) in [7, 11) is 0. The molecule has 0 aliphatic heterocycles. The van der Waals surface area contributed by atoms with Gasteiger partial charge in [-0.05, 0) is 30.7 Å². The molecule has 0 aliphatic rings. The number of benzene rings is 1. The standard InChI is InChI=1S/C14H12N2O3/c1-9-2-3-10(6-15)4-13(9)16-7-12-5-11(8-19-12)14(17)18/h2-5,8,16H,7H2,1H3,(H,17,18). The number of carboxylic acid groups (broad SMARTS) is 1. The topological polar surface area (TPSA) is 86.3 Å². The maximum absolute atomic E-state index is 10.7. The summed E-state index contributed by atoms with van der Waals surface area (Å²) >= 11 is 0. The molecular formula is C14H12N2O3. The number of hydrogen-bond acceptors (Lipinski definition) is 4. The van der Waals surface area contributed by atoms with Gasteiger partial charge in [-0.1, -0.05) is 6.07 Å². The molecule has 0 radical (unpaired) electrons. The highest BCUT2D eigenvalue weighted by molar-refractivity contribution is 5.87. The van der Waals surface area contributed by atoms with E-state index in [0.29, 0.717) is 17.9 Å². The molecule has 1 heterocycles. The fourth-order valence-corrected chi connectivity index (χ4v) is 1.65. The van der Waals surface area contributed by atoms with Crippen LogP contribution in [0.1, 0.15) is 27.2 Å². The quantitative estimate of drug-likeness (QED) is 0.878. The Bertz CT molecular complexity index is 653. The third-order valence-corrected chi connectivity index (χ3v) is 2.72. The maximum atomic E-state index is 10.7. The molecular weight excluding hydrogens is 244 g/mol. The van der Waals surface area contributed by atoms with E-state index in [2.05, 4.69) is 11.4 Å². The maximum Gasteiger partial charge on any atom is 0.338 e. The van der Waals surface area contributed by atoms with Gasteiger partial charge >= 0.3 is 5.97 Å². The smallest absolute Gasteiger partial charge is 0.338 e. The van der Waals surface area contributed by atoms with E-state index in [9.17, 15) is 4.79 Å². The van der Waals surface area contributed by atoms with Crippen LogP contribution in [0.25, 0.3) is 0 Å². The Morgan fingerprint density at radius 1 is 1.47 bits per heavy atom. The van der Waals surface area contributed by atoms with Gasteiger partial charge in [-0.3, -0.25) is 0 Å². The van der Waals surface area contributed by atoms with Crippen LogP contribution in [0.2, 0.25) is 0 Å². The van der Waals surface area contributed by atoms with E-state index >= 15 is 0 Å². The van der Waals surface area contributed by atoms with Crippen molar-refractivity contribution < 1.29 is 14.3 Å². The fourth-order valence-electron chi connectivity index (χ4n) is 1.65. The SMILES string of the molecule is Cc1ccc(C#N)cc1NCc1cc(C(=O)O)co1. The molecule has 0 unspecified atom stereocenters. The van der Waals surface area contributed by atoms with Crippen LogP contribution in [0.15, 0.2) is 34.9 Å². The van der Waals surface area contributed by atoms with E-state index in [4.69, 9.17) is 14.8 Å². The highest BCUT2D eigenvalue weighted by Crippen LogP contribution is 2.18. The number of hydrogen-bond donors (Lipinski definition) is 2. The molecule has 0 bridgehead atoms. The van der Waals surface area contributed by atoms with Crippen LogP contribution in [-0.2, 0) is 6.54 Å². The number of carboxylic acids is 1. The van der Waals surface area contributed by atoms with E-state index in [-0.39, 0.29) is 5.56 Å². The third-order valence-electron chi connectivity index (χ3n) is 2.72. The van der Waals surface area contributed by atoms with Gasteiger partial charge in [0.15, 0.2) is 0 Å². The van der Waals surface area contributed by atoms with Crippen molar-refractivity contribution in [2.24, 2.45) is 0 Å². The molecule has 0 saturated carbocycles. The first-order valence-corrected chi connectivity index (χ1v) is 5.65. The first-order chi connectivity index (χ1) is 9.10. The summed E-state index contributed by atoms with van der Waals surface area (Å²) in [5.41, 5.74) is 2.52. The number of aryl methyl sites for hydroxylation is 1. The second-order valence-corrected chi connectivity index (χ2v) is 4.10. The van der Waals surface area contributed by atoms with Gasteiger partial charge < -0.3 is 14.8 Å². The van der Waals surface area contributed by atoms with Crippen LogP contribution >= 0.6 is 0 Å². The summed E-state index contributed by atoms with van der Waals surface area (Å²) in [4.78, 5) is 10.7. The predicted octanol–water partition coefficient (Wildman–Crippen LogP) is 2.77. The van der Waals surface area contributed by atoms with E-state index in [1.165, 1.54) is 12.3 Å². The van der Waals surface area contributed by atoms with E-state index < -0.39 is 5.97 Å². The number of aromatic carboxylic acids is 1. The summed E-state index contributed by atoms with van der Waals surface area (Å²) < 4.78 is 5.14. The van der Waals surface area contributed by atoms with Crippen molar-refractivity contribution in [3.63, 3.8) is 0 Å². The molecule has 5 nitrogen and oxygen atoms in total. The zero-order chi connectivity index (χ0) is 13.8. The van der Waals surface area contributed by atoms with Crippen molar-refractivity contribution in [3.8, 4) is 6.07 Å². The Hall–Kier alpha value is -2.74. The minimum absolute atomic E-state index is 0.124. The van der Waals surface area contributed by atoms with Crippen LogP contribution in [0.5, 0.6) is 0 Å². The molecule has 0 spiro atoms. The fraction of sp³-hybridized carbons (Fsp3) is 0.143. The van der Waals surface area contributed by atoms with E-state index in [0.717, 1.165) is 11.3 Å². The molecule has 0 aliphatic carbocycles. The normalized spacial score (nSPS) is 9.89. The van der Waals surface area contributed by atoms with Crippen molar-refractivity contribution in [1.82, 2.24) is 0 Å². The molecule has 0 amide bonds. The lowest BCUT2D eigenvalue weighted by atomic mass is 10.1. The predicted molar refractivity (Wildman–Crippen MR) is 68.9 cm³/mol. The number of anilines is 1. The molecule has 19 heavy (non-hydrogen) atoms. The van der Waals surface area contributed by atoms with Crippen LogP contribution in [-0.4, -0.2) is 11.1 Å². The minimum Gasteiger partial charge on any atom is -0.478 e. The van der Waals surface area contributed by atoms with Gasteiger partial charge in [-0.2, -0.15) is 5.26 Å². The molecule has 0 fully saturated rings. The van der Waals surface area contributed by atoms with Gasteiger partial charge in [0.25, 0.3) is 0 Å². The first kappa shape index (κ1) is 12.7. The van der Waals surface area contributed by atoms with Crippen LogP contribution in [0, 0.1) is 18.3 Å². The first-order valence-electron chi connectivity index (χ1n) is 5.65. The number of carbonyl (C=O) groups is 1. The van der Waals surface area contributed by atoms with Gasteiger partial charge in [0.2, 0.25) is 0 Å². The van der Waals surface area contributed by atoms with Crippen molar-refractivity contribution in [2.45, 2.75) is 13.5 Å². The van der Waals surface area contributed by atoms with Crippen LogP contribution < -0.4 is 5.32 Å². The second kappa shape index (κ2) is 5.27. The van der Waals surface area contributed by atoms with Gasteiger partial charge in [0.1, 0.15) is 12.0 Å². The summed E-state index contributed by atoms with van der Waals surface area (Å²) in [6.07, 6.45) is 1.21. The number of nitrogens with one attached hydrogen (secondary N) is 1. The largest absolute Gasteiger partial charge is 0.478 e. The molecule has 0 saturated heterocycles.